The second-order valence-corrected chi connectivity index (χ2v) is 6.35. The smallest absolute Gasteiger partial charge is 0.223 e. The predicted octanol–water partition coefficient (Wildman–Crippen LogP) is 2.44. The van der Waals surface area contributed by atoms with E-state index in [1.54, 1.807) is 12.3 Å². The van der Waals surface area contributed by atoms with E-state index in [9.17, 15) is 9.90 Å². The van der Waals surface area contributed by atoms with Crippen LogP contribution in [0.3, 0.4) is 0 Å². The molecule has 2 unspecified atom stereocenters. The van der Waals surface area contributed by atoms with Crippen molar-refractivity contribution in [3.8, 4) is 5.75 Å². The van der Waals surface area contributed by atoms with E-state index in [4.69, 9.17) is 0 Å². The van der Waals surface area contributed by atoms with Crippen LogP contribution < -0.4 is 5.43 Å². The molecule has 0 bridgehead atoms. The van der Waals surface area contributed by atoms with Crippen LogP contribution in [0.1, 0.15) is 39.3 Å². The number of hydrogen-bond donors (Lipinski definition) is 1. The Hall–Kier alpha value is -1.29. The zero-order valence-electron chi connectivity index (χ0n) is 12.8. The Morgan fingerprint density at radius 1 is 1.30 bits per heavy atom. The van der Waals surface area contributed by atoms with Crippen LogP contribution in [0.5, 0.6) is 5.75 Å². The molecule has 1 saturated heterocycles. The van der Waals surface area contributed by atoms with Crippen molar-refractivity contribution in [2.75, 3.05) is 13.1 Å². The van der Waals surface area contributed by atoms with Crippen molar-refractivity contribution in [2.45, 2.75) is 46.7 Å². The van der Waals surface area contributed by atoms with E-state index in [1.165, 1.54) is 6.42 Å². The van der Waals surface area contributed by atoms with Crippen LogP contribution in [0.15, 0.2) is 17.1 Å². The summed E-state index contributed by atoms with van der Waals surface area (Å²) in [5, 5.41) is 9.59. The number of likely N-dealkylation sites (tertiary alicyclic amines) is 1. The van der Waals surface area contributed by atoms with Crippen molar-refractivity contribution >= 4 is 0 Å². The Bertz CT molecular complexity index is 500. The van der Waals surface area contributed by atoms with E-state index in [0.29, 0.717) is 11.8 Å². The second kappa shape index (κ2) is 6.44. The van der Waals surface area contributed by atoms with Gasteiger partial charge >= 0.3 is 0 Å². The van der Waals surface area contributed by atoms with Gasteiger partial charge in [-0.15, -0.1) is 0 Å². The topological polar surface area (TPSA) is 45.5 Å². The minimum absolute atomic E-state index is 0.150. The van der Waals surface area contributed by atoms with Gasteiger partial charge in [-0.05, 0) is 24.7 Å². The van der Waals surface area contributed by atoms with Gasteiger partial charge in [0.15, 0.2) is 5.75 Å². The fraction of sp³-hybridized carbons (Fsp3) is 0.688. The molecule has 1 aromatic rings. The molecule has 2 rings (SSSR count). The van der Waals surface area contributed by atoms with Gasteiger partial charge in [0, 0.05) is 37.9 Å². The van der Waals surface area contributed by atoms with E-state index in [1.807, 2.05) is 4.57 Å². The van der Waals surface area contributed by atoms with Gasteiger partial charge in [-0.1, -0.05) is 20.8 Å². The van der Waals surface area contributed by atoms with Crippen molar-refractivity contribution in [2.24, 2.45) is 11.8 Å². The number of pyridine rings is 1. The van der Waals surface area contributed by atoms with E-state index < -0.39 is 0 Å². The van der Waals surface area contributed by atoms with Crippen LogP contribution in [0, 0.1) is 11.8 Å². The first-order valence-electron chi connectivity index (χ1n) is 7.64. The molecule has 0 spiro atoms. The molecule has 1 aliphatic rings. The highest BCUT2D eigenvalue weighted by molar-refractivity contribution is 5.20. The quantitative estimate of drug-likeness (QED) is 0.920. The summed E-state index contributed by atoms with van der Waals surface area (Å²) < 4.78 is 2.01. The van der Waals surface area contributed by atoms with Crippen LogP contribution in [0.4, 0.5) is 0 Å². The summed E-state index contributed by atoms with van der Waals surface area (Å²) in [5.41, 5.74) is 0.737. The standard InChI is InChI=1S/C16H26N2O2/c1-4-5-18-11-16(20)15(19)7-14(18)10-17-8-12(2)6-13(3)9-17/h7,11-13,20H,4-6,8-10H2,1-3H3. The molecule has 0 aromatic carbocycles. The lowest BCUT2D eigenvalue weighted by atomic mass is 9.92. The summed E-state index contributed by atoms with van der Waals surface area (Å²) in [6.45, 7) is 10.5. The Morgan fingerprint density at radius 3 is 2.55 bits per heavy atom. The molecule has 4 nitrogen and oxygen atoms in total. The lowest BCUT2D eigenvalue weighted by Gasteiger charge is -2.35. The maximum atomic E-state index is 11.7. The number of aromatic hydroxyl groups is 1. The van der Waals surface area contributed by atoms with Crippen molar-refractivity contribution < 1.29 is 5.11 Å². The highest BCUT2D eigenvalue weighted by atomic mass is 16.3. The van der Waals surface area contributed by atoms with Crippen LogP contribution >= 0.6 is 0 Å². The zero-order chi connectivity index (χ0) is 14.7. The number of rotatable bonds is 4. The molecule has 112 valence electrons. The lowest BCUT2D eigenvalue weighted by molar-refractivity contribution is 0.131. The Labute approximate surface area is 121 Å². The first kappa shape index (κ1) is 15.1. The zero-order valence-corrected chi connectivity index (χ0v) is 12.8. The van der Waals surface area contributed by atoms with E-state index >= 15 is 0 Å². The molecule has 1 aromatic heterocycles. The molecule has 0 radical (unpaired) electrons. The van der Waals surface area contributed by atoms with Gasteiger partial charge in [-0.25, -0.2) is 0 Å². The molecule has 20 heavy (non-hydrogen) atoms. The van der Waals surface area contributed by atoms with Gasteiger partial charge in [0.1, 0.15) is 0 Å². The molecule has 2 heterocycles. The fourth-order valence-electron chi connectivity index (χ4n) is 3.34. The first-order valence-corrected chi connectivity index (χ1v) is 7.64. The molecular weight excluding hydrogens is 252 g/mol. The van der Waals surface area contributed by atoms with E-state index in [2.05, 4.69) is 25.7 Å². The molecule has 2 atom stereocenters. The minimum atomic E-state index is -0.273. The third kappa shape index (κ3) is 3.63. The van der Waals surface area contributed by atoms with Crippen molar-refractivity contribution in [1.82, 2.24) is 9.47 Å². The summed E-state index contributed by atoms with van der Waals surface area (Å²) in [5.74, 6) is 1.27. The minimum Gasteiger partial charge on any atom is -0.503 e. The van der Waals surface area contributed by atoms with Crippen molar-refractivity contribution in [3.05, 3.63) is 28.2 Å². The Balaban J connectivity index is 2.19. The maximum absolute atomic E-state index is 11.7. The maximum Gasteiger partial charge on any atom is 0.223 e. The van der Waals surface area contributed by atoms with Crippen molar-refractivity contribution in [1.29, 1.82) is 0 Å². The van der Waals surface area contributed by atoms with Gasteiger partial charge in [0.05, 0.1) is 6.20 Å². The van der Waals surface area contributed by atoms with Crippen molar-refractivity contribution in [3.63, 3.8) is 0 Å². The summed E-state index contributed by atoms with van der Waals surface area (Å²) in [4.78, 5) is 14.1. The third-order valence-corrected chi connectivity index (χ3v) is 3.99. The summed E-state index contributed by atoms with van der Waals surface area (Å²) in [6.07, 6.45) is 3.86. The number of aryl methyl sites for hydroxylation is 1. The molecule has 1 aliphatic heterocycles. The van der Waals surface area contributed by atoms with Gasteiger partial charge < -0.3 is 9.67 Å². The Morgan fingerprint density at radius 2 is 1.95 bits per heavy atom. The van der Waals surface area contributed by atoms with Crippen LogP contribution in [0.2, 0.25) is 0 Å². The lowest BCUT2D eigenvalue weighted by Crippen LogP contribution is -2.39. The fourth-order valence-corrected chi connectivity index (χ4v) is 3.34. The van der Waals surface area contributed by atoms with Gasteiger partial charge in [0.25, 0.3) is 0 Å². The van der Waals surface area contributed by atoms with Crippen LogP contribution in [0.25, 0.3) is 0 Å². The highest BCUT2D eigenvalue weighted by Gasteiger charge is 2.22. The average molecular weight is 278 g/mol. The van der Waals surface area contributed by atoms with Gasteiger partial charge in [-0.3, -0.25) is 9.69 Å². The molecule has 1 N–H and O–H groups in total. The van der Waals surface area contributed by atoms with Gasteiger partial charge in [0.2, 0.25) is 5.43 Å². The number of nitrogens with zero attached hydrogens (tertiary/aromatic N) is 2. The largest absolute Gasteiger partial charge is 0.503 e. The number of piperidine rings is 1. The van der Waals surface area contributed by atoms with Crippen LogP contribution in [-0.2, 0) is 13.1 Å². The molecule has 0 saturated carbocycles. The second-order valence-electron chi connectivity index (χ2n) is 6.35. The molecule has 1 fully saturated rings. The normalized spacial score (nSPS) is 23.9. The summed E-state index contributed by atoms with van der Waals surface area (Å²) in [7, 11) is 0. The molecule has 0 amide bonds. The SMILES string of the molecule is CCCn1cc(O)c(=O)cc1CN1CC(C)CC(C)C1. The Kier molecular flexibility index (Phi) is 4.86. The molecule has 4 heteroatoms. The van der Waals surface area contributed by atoms with E-state index in [-0.39, 0.29) is 11.2 Å². The molecule has 0 aliphatic carbocycles. The third-order valence-electron chi connectivity index (χ3n) is 3.99. The highest BCUT2D eigenvalue weighted by Crippen LogP contribution is 2.22. The van der Waals surface area contributed by atoms with Gasteiger partial charge in [-0.2, -0.15) is 0 Å². The first-order chi connectivity index (χ1) is 9.49. The van der Waals surface area contributed by atoms with E-state index in [0.717, 1.165) is 38.3 Å². The summed E-state index contributed by atoms with van der Waals surface area (Å²) in [6, 6.07) is 1.59. The average Bonchev–Trinajstić information content (AvgIpc) is 2.34. The summed E-state index contributed by atoms with van der Waals surface area (Å²) >= 11 is 0. The predicted molar refractivity (Wildman–Crippen MR) is 80.9 cm³/mol. The molecular formula is C16H26N2O2. The number of aromatic nitrogens is 1. The number of hydrogen-bond acceptors (Lipinski definition) is 3. The van der Waals surface area contributed by atoms with Crippen LogP contribution in [-0.4, -0.2) is 27.7 Å². The monoisotopic (exact) mass is 278 g/mol.